The van der Waals surface area contributed by atoms with Gasteiger partial charge < -0.3 is 10.6 Å². The third kappa shape index (κ3) is 2.23. The highest BCUT2D eigenvalue weighted by atomic mass is 16.2. The summed E-state index contributed by atoms with van der Waals surface area (Å²) in [5.41, 5.74) is 0.529. The Labute approximate surface area is 105 Å². The molecule has 18 heavy (non-hydrogen) atoms. The molecule has 0 unspecified atom stereocenters. The summed E-state index contributed by atoms with van der Waals surface area (Å²) in [6, 6.07) is 0.139. The summed E-state index contributed by atoms with van der Waals surface area (Å²) in [5, 5.41) is 12.4. The molecule has 1 saturated carbocycles. The Hall–Kier alpha value is -1.85. The monoisotopic (exact) mass is 248 g/mol. The van der Waals surface area contributed by atoms with Crippen LogP contribution in [0.3, 0.4) is 0 Å². The Morgan fingerprint density at radius 2 is 2.22 bits per heavy atom. The molecule has 0 aromatic carbocycles. The van der Waals surface area contributed by atoms with Crippen LogP contribution in [-0.2, 0) is 4.79 Å². The average molecular weight is 248 g/mol. The lowest BCUT2D eigenvalue weighted by atomic mass is 9.94. The number of aromatic amines is 1. The first-order valence-corrected chi connectivity index (χ1v) is 6.33. The minimum atomic E-state index is -0.129. The van der Waals surface area contributed by atoms with E-state index in [1.807, 2.05) is 0 Å². The molecule has 1 saturated heterocycles. The Morgan fingerprint density at radius 3 is 2.89 bits per heavy atom. The Kier molecular flexibility index (Phi) is 2.77. The molecule has 0 spiro atoms. The smallest absolute Gasteiger partial charge is 0.254 e. The van der Waals surface area contributed by atoms with Gasteiger partial charge in [-0.2, -0.15) is 5.10 Å². The van der Waals surface area contributed by atoms with Gasteiger partial charge in [0, 0.05) is 12.6 Å². The van der Waals surface area contributed by atoms with Crippen molar-refractivity contribution in [3.05, 3.63) is 18.0 Å². The Balaban J connectivity index is 1.67. The number of hydrogen-bond donors (Lipinski definition) is 3. The highest BCUT2D eigenvalue weighted by Crippen LogP contribution is 2.36. The minimum Gasteiger partial charge on any atom is -0.351 e. The summed E-state index contributed by atoms with van der Waals surface area (Å²) in [6.45, 7) is 0. The molecule has 3 N–H and O–H groups in total. The van der Waals surface area contributed by atoms with Crippen LogP contribution in [0.2, 0.25) is 0 Å². The number of rotatable bonds is 3. The molecule has 1 aromatic heterocycles. The topological polar surface area (TPSA) is 86.9 Å². The van der Waals surface area contributed by atoms with E-state index in [1.165, 1.54) is 6.20 Å². The lowest BCUT2D eigenvalue weighted by Crippen LogP contribution is -2.56. The van der Waals surface area contributed by atoms with Crippen LogP contribution in [0.25, 0.3) is 0 Å². The first kappa shape index (κ1) is 11.3. The lowest BCUT2D eigenvalue weighted by Gasteiger charge is -2.32. The fourth-order valence-corrected chi connectivity index (χ4v) is 2.52. The zero-order chi connectivity index (χ0) is 12.5. The fraction of sp³-hybridized carbons (Fsp3) is 0.583. The second-order valence-corrected chi connectivity index (χ2v) is 5.04. The molecular formula is C12H16N4O2. The summed E-state index contributed by atoms with van der Waals surface area (Å²) in [5.74, 6) is 0.500. The highest BCUT2D eigenvalue weighted by molar-refractivity contribution is 5.94. The third-order valence-electron chi connectivity index (χ3n) is 3.65. The maximum Gasteiger partial charge on any atom is 0.254 e. The standard InChI is InChI=1S/C12H16N4O2/c17-10-4-3-9(11(16-10)7-1-2-7)15-12(18)8-5-13-14-6-8/h5-7,9,11H,1-4H2,(H,13,14)(H,15,18)(H,16,17)/t9-,11+/m1/s1. The number of carbonyl (C=O) groups excluding carboxylic acids is 2. The van der Waals surface area contributed by atoms with Crippen LogP contribution in [-0.4, -0.2) is 34.1 Å². The molecule has 0 bridgehead atoms. The van der Waals surface area contributed by atoms with E-state index >= 15 is 0 Å². The van der Waals surface area contributed by atoms with Crippen molar-refractivity contribution in [1.82, 2.24) is 20.8 Å². The number of aromatic nitrogens is 2. The van der Waals surface area contributed by atoms with Gasteiger partial charge in [-0.05, 0) is 25.2 Å². The Bertz CT molecular complexity index is 453. The van der Waals surface area contributed by atoms with E-state index < -0.39 is 0 Å². The second kappa shape index (κ2) is 4.44. The molecule has 1 aliphatic heterocycles. The number of piperidine rings is 1. The van der Waals surface area contributed by atoms with Crippen molar-refractivity contribution in [3.8, 4) is 0 Å². The van der Waals surface area contributed by atoms with Crippen LogP contribution >= 0.6 is 0 Å². The first-order chi connectivity index (χ1) is 8.74. The average Bonchev–Trinajstić information content (AvgIpc) is 3.05. The maximum atomic E-state index is 12.0. The SMILES string of the molecule is O=C1CC[C@@H](NC(=O)c2cn[nH]c2)[C@H](C2CC2)N1. The Morgan fingerprint density at radius 1 is 1.39 bits per heavy atom. The van der Waals surface area contributed by atoms with Crippen molar-refractivity contribution >= 4 is 11.8 Å². The highest BCUT2D eigenvalue weighted by Gasteiger charge is 2.40. The van der Waals surface area contributed by atoms with E-state index in [1.54, 1.807) is 6.20 Å². The van der Waals surface area contributed by atoms with Gasteiger partial charge in [-0.3, -0.25) is 14.7 Å². The number of hydrogen-bond acceptors (Lipinski definition) is 3. The quantitative estimate of drug-likeness (QED) is 0.714. The van der Waals surface area contributed by atoms with Crippen molar-refractivity contribution in [2.45, 2.75) is 37.8 Å². The van der Waals surface area contributed by atoms with Crippen LogP contribution in [0.1, 0.15) is 36.0 Å². The first-order valence-electron chi connectivity index (χ1n) is 6.33. The van der Waals surface area contributed by atoms with E-state index in [4.69, 9.17) is 0 Å². The zero-order valence-corrected chi connectivity index (χ0v) is 9.98. The number of nitrogens with one attached hydrogen (secondary N) is 3. The van der Waals surface area contributed by atoms with Gasteiger partial charge in [0.1, 0.15) is 0 Å². The molecule has 96 valence electrons. The molecule has 6 heteroatoms. The predicted octanol–water partition coefficient (Wildman–Crippen LogP) is 0.197. The maximum absolute atomic E-state index is 12.0. The number of nitrogens with zero attached hydrogens (tertiary/aromatic N) is 1. The molecule has 2 amide bonds. The molecule has 2 fully saturated rings. The van der Waals surface area contributed by atoms with Crippen molar-refractivity contribution in [2.75, 3.05) is 0 Å². The van der Waals surface area contributed by atoms with Gasteiger partial charge in [0.15, 0.2) is 0 Å². The van der Waals surface area contributed by atoms with Gasteiger partial charge in [-0.15, -0.1) is 0 Å². The van der Waals surface area contributed by atoms with Crippen LogP contribution in [0, 0.1) is 5.92 Å². The van der Waals surface area contributed by atoms with Gasteiger partial charge in [0.25, 0.3) is 5.91 Å². The van der Waals surface area contributed by atoms with E-state index in [-0.39, 0.29) is 23.9 Å². The van der Waals surface area contributed by atoms with Crippen molar-refractivity contribution in [2.24, 2.45) is 5.92 Å². The van der Waals surface area contributed by atoms with Gasteiger partial charge in [-0.25, -0.2) is 0 Å². The molecule has 1 aliphatic carbocycles. The summed E-state index contributed by atoms with van der Waals surface area (Å²) < 4.78 is 0. The lowest BCUT2D eigenvalue weighted by molar-refractivity contribution is -0.124. The van der Waals surface area contributed by atoms with Gasteiger partial charge in [0.2, 0.25) is 5.91 Å². The normalized spacial score (nSPS) is 27.7. The third-order valence-corrected chi connectivity index (χ3v) is 3.65. The van der Waals surface area contributed by atoms with Gasteiger partial charge in [0.05, 0.1) is 23.8 Å². The molecule has 3 rings (SSSR count). The fourth-order valence-electron chi connectivity index (χ4n) is 2.52. The van der Waals surface area contributed by atoms with E-state index in [9.17, 15) is 9.59 Å². The molecule has 2 heterocycles. The van der Waals surface area contributed by atoms with Crippen molar-refractivity contribution in [1.29, 1.82) is 0 Å². The van der Waals surface area contributed by atoms with E-state index in [0.717, 1.165) is 19.3 Å². The van der Waals surface area contributed by atoms with Crippen LogP contribution in [0.5, 0.6) is 0 Å². The summed E-state index contributed by atoms with van der Waals surface area (Å²) >= 11 is 0. The molecule has 6 nitrogen and oxygen atoms in total. The minimum absolute atomic E-state index is 0.0394. The molecule has 1 aromatic rings. The number of amides is 2. The summed E-state index contributed by atoms with van der Waals surface area (Å²) in [6.07, 6.45) is 6.56. The largest absolute Gasteiger partial charge is 0.351 e. The zero-order valence-electron chi connectivity index (χ0n) is 9.98. The molecule has 2 aliphatic rings. The van der Waals surface area contributed by atoms with E-state index in [2.05, 4.69) is 20.8 Å². The van der Waals surface area contributed by atoms with Gasteiger partial charge in [-0.1, -0.05) is 0 Å². The van der Waals surface area contributed by atoms with E-state index in [0.29, 0.717) is 17.9 Å². The number of H-pyrrole nitrogens is 1. The van der Waals surface area contributed by atoms with Gasteiger partial charge >= 0.3 is 0 Å². The molecule has 2 atom stereocenters. The molecular weight excluding hydrogens is 232 g/mol. The van der Waals surface area contributed by atoms with Crippen LogP contribution in [0.4, 0.5) is 0 Å². The predicted molar refractivity (Wildman–Crippen MR) is 63.7 cm³/mol. The van der Waals surface area contributed by atoms with Crippen LogP contribution in [0.15, 0.2) is 12.4 Å². The van der Waals surface area contributed by atoms with Crippen molar-refractivity contribution < 1.29 is 9.59 Å². The second-order valence-electron chi connectivity index (χ2n) is 5.04. The van der Waals surface area contributed by atoms with Crippen molar-refractivity contribution in [3.63, 3.8) is 0 Å². The molecule has 0 radical (unpaired) electrons. The van der Waals surface area contributed by atoms with Crippen LogP contribution < -0.4 is 10.6 Å². The number of carbonyl (C=O) groups is 2. The summed E-state index contributed by atoms with van der Waals surface area (Å²) in [7, 11) is 0. The summed E-state index contributed by atoms with van der Waals surface area (Å²) in [4.78, 5) is 23.4.